The van der Waals surface area contributed by atoms with Crippen LogP contribution in [0.15, 0.2) is 65.6 Å². The van der Waals surface area contributed by atoms with Crippen molar-refractivity contribution in [1.82, 2.24) is 14.9 Å². The van der Waals surface area contributed by atoms with Crippen LogP contribution in [0.2, 0.25) is 0 Å². The van der Waals surface area contributed by atoms with Crippen LogP contribution in [0.3, 0.4) is 0 Å². The highest BCUT2D eigenvalue weighted by atomic mass is 16.5. The predicted molar refractivity (Wildman–Crippen MR) is 196 cm³/mol. The molecule has 2 aromatic carbocycles. The van der Waals surface area contributed by atoms with E-state index in [-0.39, 0.29) is 23.4 Å². The summed E-state index contributed by atoms with van der Waals surface area (Å²) in [4.78, 5) is 38.6. The lowest BCUT2D eigenvalue weighted by molar-refractivity contribution is 0.223. The van der Waals surface area contributed by atoms with Crippen LogP contribution in [0.4, 0.5) is 16.2 Å². The number of likely N-dealkylation sites (N-methyl/N-ethyl adjacent to an activating group) is 1. The Morgan fingerprint density at radius 3 is 2.23 bits per heavy atom. The number of hydrogen-bond donors (Lipinski definition) is 2. The molecule has 4 rings (SSSR count). The molecule has 0 radical (unpaired) electrons. The van der Waals surface area contributed by atoms with Crippen LogP contribution in [0.25, 0.3) is 22.2 Å². The molecule has 252 valence electrons. The zero-order valence-electron chi connectivity index (χ0n) is 29.5. The molecule has 0 aliphatic rings. The summed E-state index contributed by atoms with van der Waals surface area (Å²) in [6, 6.07) is 17.8. The zero-order chi connectivity index (χ0) is 34.1. The Labute approximate surface area is 280 Å². The topological polar surface area (TPSA) is 90.6 Å². The number of fused-ring (bicyclic) bond motifs is 1. The maximum Gasteiger partial charge on any atom is 0.326 e. The second-order valence-corrected chi connectivity index (χ2v) is 13.3. The Morgan fingerprint density at radius 1 is 0.894 bits per heavy atom. The Balaban J connectivity index is 1.70. The molecule has 0 aliphatic carbocycles. The molecule has 2 aromatic heterocycles. The first kappa shape index (κ1) is 35.7. The summed E-state index contributed by atoms with van der Waals surface area (Å²) in [6.45, 7) is 21.2. The number of nitrogens with zero attached hydrogens (tertiary/aromatic N) is 3. The quantitative estimate of drug-likeness (QED) is 0.135. The molecule has 0 atom stereocenters. The molecule has 0 saturated heterocycles. The fraction of sp³-hybridized carbons (Fsp3) is 0.462. The molecule has 8 nitrogen and oxygen atoms in total. The number of urea groups is 1. The normalized spacial score (nSPS) is 11.7. The first-order valence-electron chi connectivity index (χ1n) is 17.2. The van der Waals surface area contributed by atoms with Gasteiger partial charge in [0.15, 0.2) is 0 Å². The molecule has 0 fully saturated rings. The largest absolute Gasteiger partial charge is 0.492 e. The zero-order valence-corrected chi connectivity index (χ0v) is 29.5. The summed E-state index contributed by atoms with van der Waals surface area (Å²) in [7, 11) is 0. The average Bonchev–Trinajstić information content (AvgIpc) is 3.04. The van der Waals surface area contributed by atoms with E-state index in [0.29, 0.717) is 30.4 Å². The van der Waals surface area contributed by atoms with Crippen molar-refractivity contribution in [3.8, 4) is 16.9 Å². The fourth-order valence-electron chi connectivity index (χ4n) is 5.89. The molecule has 2 amide bonds. The third-order valence-corrected chi connectivity index (χ3v) is 8.71. The van der Waals surface area contributed by atoms with Gasteiger partial charge in [0, 0.05) is 30.4 Å². The van der Waals surface area contributed by atoms with Crippen molar-refractivity contribution < 1.29 is 9.53 Å². The molecule has 0 bridgehead atoms. The summed E-state index contributed by atoms with van der Waals surface area (Å²) in [5.41, 5.74) is 5.54. The number of anilines is 2. The molecule has 2 heterocycles. The summed E-state index contributed by atoms with van der Waals surface area (Å²) in [6.07, 6.45) is 3.36. The minimum absolute atomic E-state index is 0.140. The Hall–Kier alpha value is -4.17. The summed E-state index contributed by atoms with van der Waals surface area (Å²) < 4.78 is 6.15. The van der Waals surface area contributed by atoms with Crippen molar-refractivity contribution in [2.75, 3.05) is 43.0 Å². The number of nitrogens with one attached hydrogen (secondary N) is 2. The summed E-state index contributed by atoms with van der Waals surface area (Å²) in [5, 5.41) is 4.06. The maximum atomic E-state index is 14.2. The van der Waals surface area contributed by atoms with E-state index in [0.717, 1.165) is 71.6 Å². The van der Waals surface area contributed by atoms with Crippen LogP contribution >= 0.6 is 0 Å². The van der Waals surface area contributed by atoms with Crippen LogP contribution < -0.4 is 20.5 Å². The molecule has 0 spiro atoms. The van der Waals surface area contributed by atoms with Crippen LogP contribution in [-0.2, 0) is 0 Å². The maximum absolute atomic E-state index is 14.2. The van der Waals surface area contributed by atoms with E-state index < -0.39 is 0 Å². The van der Waals surface area contributed by atoms with E-state index in [1.165, 1.54) is 0 Å². The van der Waals surface area contributed by atoms with E-state index in [4.69, 9.17) is 4.74 Å². The van der Waals surface area contributed by atoms with E-state index >= 15 is 0 Å². The average molecular weight is 640 g/mol. The van der Waals surface area contributed by atoms with Crippen molar-refractivity contribution in [2.24, 2.45) is 5.92 Å². The molecule has 0 saturated carbocycles. The van der Waals surface area contributed by atoms with Gasteiger partial charge in [-0.25, -0.2) is 9.78 Å². The molecule has 8 heteroatoms. The van der Waals surface area contributed by atoms with Crippen molar-refractivity contribution in [2.45, 2.75) is 80.1 Å². The number of hydrogen-bond acceptors (Lipinski definition) is 5. The van der Waals surface area contributed by atoms with Gasteiger partial charge in [-0.1, -0.05) is 67.5 Å². The van der Waals surface area contributed by atoms with E-state index in [1.54, 1.807) is 17.2 Å². The third kappa shape index (κ3) is 9.22. The smallest absolute Gasteiger partial charge is 0.326 e. The number of carbonyl (C=O) groups excluding carboxylic acids is 1. The SMILES string of the molecule is CCN(CC)CCOc1cccc(-c2cc(C(C)C)c(NC(=O)N(CCCC(C)C)c3cc4cccnc4[nH]c3=O)c(C(C)C)c2)c1. The first-order chi connectivity index (χ1) is 22.5. The standard InChI is InChI=1S/C39H53N5O3/c1-9-43(10-2)20-21-47-32-17-11-15-29(22-32)31-23-33(27(5)6)36(34(24-31)28(7)8)41-39(46)44(19-13-14-26(3)4)35-25-30-16-12-18-40-37(30)42-38(35)45/h11-12,15-18,22-28H,9-10,13-14,19-21H2,1-8H3,(H,41,46)(H,40,42,45). The summed E-state index contributed by atoms with van der Waals surface area (Å²) in [5.74, 6) is 1.61. The Kier molecular flexibility index (Phi) is 12.6. The number of H-pyrrole nitrogens is 1. The van der Waals surface area contributed by atoms with Gasteiger partial charge in [-0.05, 0) is 108 Å². The first-order valence-corrected chi connectivity index (χ1v) is 17.2. The van der Waals surface area contributed by atoms with Crippen LogP contribution in [0, 0.1) is 5.92 Å². The number of ether oxygens (including phenoxy) is 1. The van der Waals surface area contributed by atoms with E-state index in [9.17, 15) is 9.59 Å². The fourth-order valence-corrected chi connectivity index (χ4v) is 5.89. The highest BCUT2D eigenvalue weighted by molar-refractivity contribution is 6.03. The number of aromatic amines is 1. The Bertz CT molecular complexity index is 1660. The lowest BCUT2D eigenvalue weighted by Crippen LogP contribution is -2.39. The molecule has 2 N–H and O–H groups in total. The molecule has 0 aliphatic heterocycles. The highest BCUT2D eigenvalue weighted by Crippen LogP contribution is 2.38. The van der Waals surface area contributed by atoms with Gasteiger partial charge < -0.3 is 19.9 Å². The van der Waals surface area contributed by atoms with Crippen LogP contribution in [0.1, 0.15) is 91.2 Å². The van der Waals surface area contributed by atoms with Crippen molar-refractivity contribution in [3.05, 3.63) is 82.3 Å². The van der Waals surface area contributed by atoms with Gasteiger partial charge in [0.25, 0.3) is 5.56 Å². The van der Waals surface area contributed by atoms with Gasteiger partial charge in [0.05, 0.1) is 0 Å². The second kappa shape index (κ2) is 16.6. The van der Waals surface area contributed by atoms with Crippen molar-refractivity contribution in [3.63, 3.8) is 0 Å². The predicted octanol–water partition coefficient (Wildman–Crippen LogP) is 9.03. The lowest BCUT2D eigenvalue weighted by atomic mass is 9.88. The highest BCUT2D eigenvalue weighted by Gasteiger charge is 2.24. The van der Waals surface area contributed by atoms with Gasteiger partial charge in [-0.3, -0.25) is 9.69 Å². The number of amides is 2. The monoisotopic (exact) mass is 639 g/mol. The van der Waals surface area contributed by atoms with E-state index in [1.807, 2.05) is 24.3 Å². The number of aromatic nitrogens is 2. The molecule has 4 aromatic rings. The Morgan fingerprint density at radius 2 is 1.60 bits per heavy atom. The number of rotatable bonds is 15. The minimum atomic E-state index is -0.335. The lowest BCUT2D eigenvalue weighted by Gasteiger charge is -2.27. The molecular formula is C39H53N5O3. The second-order valence-electron chi connectivity index (χ2n) is 13.3. The summed E-state index contributed by atoms with van der Waals surface area (Å²) >= 11 is 0. The van der Waals surface area contributed by atoms with Gasteiger partial charge in [0.2, 0.25) is 0 Å². The third-order valence-electron chi connectivity index (χ3n) is 8.71. The number of pyridine rings is 2. The molecular weight excluding hydrogens is 586 g/mol. The van der Waals surface area contributed by atoms with Crippen molar-refractivity contribution >= 4 is 28.4 Å². The van der Waals surface area contributed by atoms with E-state index in [2.05, 4.69) is 99.8 Å². The van der Waals surface area contributed by atoms with Crippen LogP contribution in [0.5, 0.6) is 5.75 Å². The number of carbonyl (C=O) groups is 1. The van der Waals surface area contributed by atoms with Crippen LogP contribution in [-0.4, -0.2) is 53.7 Å². The molecule has 47 heavy (non-hydrogen) atoms. The van der Waals surface area contributed by atoms with Gasteiger partial charge >= 0.3 is 6.03 Å². The van der Waals surface area contributed by atoms with Gasteiger partial charge in [-0.2, -0.15) is 0 Å². The minimum Gasteiger partial charge on any atom is -0.492 e. The van der Waals surface area contributed by atoms with Gasteiger partial charge in [0.1, 0.15) is 23.7 Å². The molecule has 0 unspecified atom stereocenters. The van der Waals surface area contributed by atoms with Crippen molar-refractivity contribution in [1.29, 1.82) is 0 Å². The van der Waals surface area contributed by atoms with Gasteiger partial charge in [-0.15, -0.1) is 0 Å². The number of benzene rings is 2.